The Hall–Kier alpha value is -1.88. The normalized spacial score (nSPS) is 38.5. The maximum Gasteiger partial charge on any atom is 0.218 e. The molecule has 1 aliphatic carbocycles. The molecule has 0 spiro atoms. The molecule has 138 valence electrons. The van der Waals surface area contributed by atoms with Gasteiger partial charge >= 0.3 is 0 Å². The molecule has 1 N–H and O–H groups in total. The van der Waals surface area contributed by atoms with Crippen LogP contribution in [0.25, 0.3) is 0 Å². The van der Waals surface area contributed by atoms with Crippen molar-refractivity contribution in [2.75, 3.05) is 0 Å². The van der Waals surface area contributed by atoms with Crippen LogP contribution in [0.1, 0.15) is 50.2 Å². The summed E-state index contributed by atoms with van der Waals surface area (Å²) >= 11 is 0. The molecular formula is C21H27N3O2. The number of ether oxygens (including phenoxy) is 2. The van der Waals surface area contributed by atoms with Crippen molar-refractivity contribution >= 4 is 11.8 Å². The topological polar surface area (TPSA) is 55.2 Å². The molecule has 0 radical (unpaired) electrons. The zero-order chi connectivity index (χ0) is 17.7. The van der Waals surface area contributed by atoms with Crippen molar-refractivity contribution < 1.29 is 9.47 Å². The van der Waals surface area contributed by atoms with Crippen LogP contribution in [0.3, 0.4) is 0 Å². The summed E-state index contributed by atoms with van der Waals surface area (Å²) in [4.78, 5) is 9.76. The molecule has 1 saturated heterocycles. The zero-order valence-corrected chi connectivity index (χ0v) is 15.5. The van der Waals surface area contributed by atoms with Crippen LogP contribution in [-0.4, -0.2) is 36.3 Å². The average molecular weight is 353 g/mol. The SMILES string of the molecule is Cc1ccc(C2=NC3CC4N=C(C5CCC(C)CC5)OC4NC3O2)cc1. The van der Waals surface area contributed by atoms with Crippen LogP contribution in [0.2, 0.25) is 0 Å². The lowest BCUT2D eigenvalue weighted by molar-refractivity contribution is 0.0216. The van der Waals surface area contributed by atoms with Crippen LogP contribution in [0, 0.1) is 18.8 Å². The third-order valence-corrected chi connectivity index (χ3v) is 6.24. The summed E-state index contributed by atoms with van der Waals surface area (Å²) < 4.78 is 12.3. The first-order chi connectivity index (χ1) is 12.7. The van der Waals surface area contributed by atoms with Gasteiger partial charge in [-0.25, -0.2) is 15.3 Å². The number of piperidine rings is 1. The standard InChI is InChI=1S/C21H27N3O2/c1-12-3-7-14(8-4-12)18-22-16-11-17-21(24-20(16)25-18)26-19(23-17)15-9-5-13(2)6-10-15/h3-4,7-8,13,15-17,20-21,24H,5-6,9-11H2,1-2H3. The summed E-state index contributed by atoms with van der Waals surface area (Å²) in [5.74, 6) is 3.06. The minimum atomic E-state index is -0.103. The Morgan fingerprint density at radius 3 is 2.38 bits per heavy atom. The number of hydrogen-bond donors (Lipinski definition) is 1. The van der Waals surface area contributed by atoms with E-state index in [1.165, 1.54) is 31.2 Å². The number of benzene rings is 1. The molecule has 0 bridgehead atoms. The molecule has 5 rings (SSSR count). The van der Waals surface area contributed by atoms with Gasteiger partial charge in [0.25, 0.3) is 0 Å². The van der Waals surface area contributed by atoms with Gasteiger partial charge in [-0.3, -0.25) is 0 Å². The smallest absolute Gasteiger partial charge is 0.218 e. The van der Waals surface area contributed by atoms with Crippen LogP contribution in [0.15, 0.2) is 34.3 Å². The van der Waals surface area contributed by atoms with E-state index in [4.69, 9.17) is 19.5 Å². The second-order valence-electron chi connectivity index (χ2n) is 8.34. The van der Waals surface area contributed by atoms with Gasteiger partial charge in [0.2, 0.25) is 5.90 Å². The summed E-state index contributed by atoms with van der Waals surface area (Å²) in [5, 5.41) is 3.49. The van der Waals surface area contributed by atoms with Crippen molar-refractivity contribution in [2.45, 2.75) is 70.5 Å². The molecule has 4 atom stereocenters. The first-order valence-electron chi connectivity index (χ1n) is 9.97. The number of nitrogens with one attached hydrogen (secondary N) is 1. The molecule has 1 aromatic rings. The van der Waals surface area contributed by atoms with Crippen LogP contribution in [0.4, 0.5) is 0 Å². The lowest BCUT2D eigenvalue weighted by Crippen LogP contribution is -2.54. The predicted octanol–water partition coefficient (Wildman–Crippen LogP) is 3.41. The van der Waals surface area contributed by atoms with E-state index >= 15 is 0 Å². The fraction of sp³-hybridized carbons (Fsp3) is 0.619. The maximum atomic E-state index is 6.21. The highest BCUT2D eigenvalue weighted by molar-refractivity contribution is 5.95. The number of aryl methyl sites for hydroxylation is 1. The van der Waals surface area contributed by atoms with E-state index in [0.29, 0.717) is 5.92 Å². The van der Waals surface area contributed by atoms with Gasteiger partial charge in [0.05, 0.1) is 0 Å². The van der Waals surface area contributed by atoms with Gasteiger partial charge < -0.3 is 9.47 Å². The average Bonchev–Trinajstić information content (AvgIpc) is 3.23. The van der Waals surface area contributed by atoms with E-state index in [-0.39, 0.29) is 24.5 Å². The molecule has 0 amide bonds. The van der Waals surface area contributed by atoms with Gasteiger partial charge in [-0.15, -0.1) is 0 Å². The fourth-order valence-electron chi connectivity index (χ4n) is 4.52. The highest BCUT2D eigenvalue weighted by Crippen LogP contribution is 2.35. The number of hydrogen-bond acceptors (Lipinski definition) is 5. The lowest BCUT2D eigenvalue weighted by Gasteiger charge is -2.32. The molecule has 5 heteroatoms. The quantitative estimate of drug-likeness (QED) is 0.886. The van der Waals surface area contributed by atoms with E-state index in [1.54, 1.807) is 0 Å². The Balaban J connectivity index is 1.28. The fourth-order valence-corrected chi connectivity index (χ4v) is 4.52. The second-order valence-corrected chi connectivity index (χ2v) is 8.34. The van der Waals surface area contributed by atoms with Crippen LogP contribution >= 0.6 is 0 Å². The molecule has 4 unspecified atom stereocenters. The largest absolute Gasteiger partial charge is 0.460 e. The maximum absolute atomic E-state index is 6.21. The van der Waals surface area contributed by atoms with Crippen molar-refractivity contribution in [3.8, 4) is 0 Å². The Morgan fingerprint density at radius 1 is 0.923 bits per heavy atom. The highest BCUT2D eigenvalue weighted by Gasteiger charge is 2.46. The van der Waals surface area contributed by atoms with Crippen LogP contribution in [-0.2, 0) is 9.47 Å². The first kappa shape index (κ1) is 16.3. The summed E-state index contributed by atoms with van der Waals surface area (Å²) in [7, 11) is 0. The Morgan fingerprint density at radius 2 is 1.62 bits per heavy atom. The Labute approximate surface area is 154 Å². The van der Waals surface area contributed by atoms with Gasteiger partial charge in [-0.05, 0) is 50.7 Å². The monoisotopic (exact) mass is 353 g/mol. The number of nitrogens with zero attached hydrogens (tertiary/aromatic N) is 2. The summed E-state index contributed by atoms with van der Waals surface area (Å²) in [6.45, 7) is 4.43. The molecule has 2 fully saturated rings. The van der Waals surface area contributed by atoms with Crippen LogP contribution < -0.4 is 5.32 Å². The molecule has 3 aliphatic heterocycles. The lowest BCUT2D eigenvalue weighted by atomic mass is 9.83. The second kappa shape index (κ2) is 6.38. The van der Waals surface area contributed by atoms with Gasteiger partial charge in [0.1, 0.15) is 12.1 Å². The van der Waals surface area contributed by atoms with Gasteiger partial charge in [-0.1, -0.05) is 24.6 Å². The van der Waals surface area contributed by atoms with Crippen molar-refractivity contribution in [3.05, 3.63) is 35.4 Å². The summed E-state index contributed by atoms with van der Waals surface area (Å²) in [6, 6.07) is 8.61. The van der Waals surface area contributed by atoms with Crippen molar-refractivity contribution in [2.24, 2.45) is 21.8 Å². The number of rotatable bonds is 2. The zero-order valence-electron chi connectivity index (χ0n) is 15.5. The van der Waals surface area contributed by atoms with E-state index in [1.807, 2.05) is 0 Å². The molecule has 4 aliphatic rings. The molecule has 1 saturated carbocycles. The minimum Gasteiger partial charge on any atom is -0.460 e. The molecular weight excluding hydrogens is 326 g/mol. The molecule has 0 aromatic heterocycles. The van der Waals surface area contributed by atoms with Gasteiger partial charge in [0.15, 0.2) is 18.4 Å². The predicted molar refractivity (Wildman–Crippen MR) is 101 cm³/mol. The van der Waals surface area contributed by atoms with Crippen LogP contribution in [0.5, 0.6) is 0 Å². The minimum absolute atomic E-state index is 0.0573. The molecule has 5 nitrogen and oxygen atoms in total. The Kier molecular flexibility index (Phi) is 4.00. The van der Waals surface area contributed by atoms with E-state index in [0.717, 1.165) is 29.7 Å². The van der Waals surface area contributed by atoms with Gasteiger partial charge in [0, 0.05) is 17.9 Å². The third-order valence-electron chi connectivity index (χ3n) is 6.24. The summed E-state index contributed by atoms with van der Waals surface area (Å²) in [5.41, 5.74) is 2.28. The first-order valence-corrected chi connectivity index (χ1v) is 9.97. The molecule has 3 heterocycles. The third kappa shape index (κ3) is 2.92. The highest BCUT2D eigenvalue weighted by atomic mass is 16.5. The molecule has 26 heavy (non-hydrogen) atoms. The van der Waals surface area contributed by atoms with Crippen molar-refractivity contribution in [1.29, 1.82) is 0 Å². The number of fused-ring (bicyclic) bond motifs is 2. The van der Waals surface area contributed by atoms with E-state index < -0.39 is 0 Å². The van der Waals surface area contributed by atoms with Crippen molar-refractivity contribution in [3.63, 3.8) is 0 Å². The Bertz CT molecular complexity index is 734. The number of aliphatic imine (C=N–C) groups is 2. The van der Waals surface area contributed by atoms with Gasteiger partial charge in [-0.2, -0.15) is 0 Å². The van der Waals surface area contributed by atoms with Crippen molar-refractivity contribution in [1.82, 2.24) is 5.32 Å². The summed E-state index contributed by atoms with van der Waals surface area (Å²) in [6.07, 6.45) is 5.72. The van der Waals surface area contributed by atoms with E-state index in [2.05, 4.69) is 43.4 Å². The molecule has 1 aromatic carbocycles. The van der Waals surface area contributed by atoms with E-state index in [9.17, 15) is 0 Å².